The molecule has 9 nitrogen and oxygen atoms in total. The van der Waals surface area contributed by atoms with Crippen LogP contribution in [0.1, 0.15) is 19.2 Å². The van der Waals surface area contributed by atoms with Crippen LogP contribution in [0.3, 0.4) is 0 Å². The molecule has 0 amide bonds. The second-order valence-electron chi connectivity index (χ2n) is 4.54. The summed E-state index contributed by atoms with van der Waals surface area (Å²) in [6.45, 7) is 5.03. The van der Waals surface area contributed by atoms with Crippen LogP contribution in [0, 0.1) is 17.0 Å². The molecular formula is C13H18N6O3. The van der Waals surface area contributed by atoms with Crippen LogP contribution in [0.4, 0.5) is 11.5 Å². The normalized spacial score (nSPS) is 10.5. The molecule has 2 aromatic rings. The summed E-state index contributed by atoms with van der Waals surface area (Å²) in [4.78, 5) is 22.8. The van der Waals surface area contributed by atoms with Gasteiger partial charge in [-0.15, -0.1) is 0 Å². The quantitative estimate of drug-likeness (QED) is 0.450. The van der Waals surface area contributed by atoms with E-state index in [2.05, 4.69) is 20.3 Å². The van der Waals surface area contributed by atoms with E-state index in [1.165, 1.54) is 0 Å². The number of imidazole rings is 1. The van der Waals surface area contributed by atoms with Crippen LogP contribution in [-0.4, -0.2) is 37.6 Å². The van der Waals surface area contributed by atoms with Crippen molar-refractivity contribution in [1.29, 1.82) is 0 Å². The van der Waals surface area contributed by atoms with E-state index in [1.54, 1.807) is 26.4 Å². The second-order valence-corrected chi connectivity index (χ2v) is 4.54. The zero-order valence-electron chi connectivity index (χ0n) is 12.5. The Hall–Kier alpha value is -2.71. The summed E-state index contributed by atoms with van der Waals surface area (Å²) in [6.07, 6.45) is 6.08. The monoisotopic (exact) mass is 306 g/mol. The highest BCUT2D eigenvalue weighted by atomic mass is 16.6. The predicted octanol–water partition coefficient (Wildman–Crippen LogP) is 1.79. The van der Waals surface area contributed by atoms with Gasteiger partial charge in [-0.3, -0.25) is 10.1 Å². The van der Waals surface area contributed by atoms with Gasteiger partial charge in [0, 0.05) is 25.5 Å². The zero-order chi connectivity index (χ0) is 15.9. The number of anilines is 1. The van der Waals surface area contributed by atoms with Crippen molar-refractivity contribution in [3.05, 3.63) is 34.7 Å². The Bertz CT molecular complexity index is 629. The molecule has 0 aliphatic heterocycles. The highest BCUT2D eigenvalue weighted by Crippen LogP contribution is 2.31. The maximum absolute atomic E-state index is 11.2. The van der Waals surface area contributed by atoms with Gasteiger partial charge in [0.05, 0.1) is 17.9 Å². The van der Waals surface area contributed by atoms with Crippen LogP contribution >= 0.6 is 0 Å². The number of nitrogens with zero attached hydrogens (tertiary/aromatic N) is 5. The van der Waals surface area contributed by atoms with Gasteiger partial charge in [-0.1, -0.05) is 0 Å². The molecule has 0 fully saturated rings. The smallest absolute Gasteiger partial charge is 0.372 e. The molecule has 118 valence electrons. The van der Waals surface area contributed by atoms with Gasteiger partial charge in [0.25, 0.3) is 5.88 Å². The van der Waals surface area contributed by atoms with Crippen molar-refractivity contribution >= 4 is 11.5 Å². The zero-order valence-corrected chi connectivity index (χ0v) is 12.5. The van der Waals surface area contributed by atoms with E-state index in [-0.39, 0.29) is 17.4 Å². The molecule has 9 heteroatoms. The number of hydrogen-bond donors (Lipinski definition) is 1. The van der Waals surface area contributed by atoms with E-state index in [9.17, 15) is 10.1 Å². The molecule has 22 heavy (non-hydrogen) atoms. The fraction of sp³-hybridized carbons (Fsp3) is 0.462. The van der Waals surface area contributed by atoms with Gasteiger partial charge in [-0.2, -0.15) is 4.98 Å². The second kappa shape index (κ2) is 7.34. The van der Waals surface area contributed by atoms with Crippen molar-refractivity contribution in [3.8, 4) is 5.88 Å². The average molecular weight is 306 g/mol. The Morgan fingerprint density at radius 3 is 2.91 bits per heavy atom. The van der Waals surface area contributed by atoms with E-state index in [1.807, 2.05) is 10.8 Å². The molecule has 0 aromatic carbocycles. The molecule has 1 N–H and O–H groups in total. The van der Waals surface area contributed by atoms with Gasteiger partial charge in [-0.25, -0.2) is 9.97 Å². The van der Waals surface area contributed by atoms with Gasteiger partial charge >= 0.3 is 5.69 Å². The van der Waals surface area contributed by atoms with Crippen LogP contribution in [0.2, 0.25) is 0 Å². The number of aryl methyl sites for hydroxylation is 2. The molecule has 0 aliphatic rings. The van der Waals surface area contributed by atoms with Crippen LogP contribution in [-0.2, 0) is 6.54 Å². The minimum atomic E-state index is -0.525. The summed E-state index contributed by atoms with van der Waals surface area (Å²) >= 11 is 0. The molecule has 2 rings (SSSR count). The van der Waals surface area contributed by atoms with Crippen molar-refractivity contribution < 1.29 is 9.66 Å². The van der Waals surface area contributed by atoms with Gasteiger partial charge in [0.15, 0.2) is 0 Å². The van der Waals surface area contributed by atoms with E-state index >= 15 is 0 Å². The third-order valence-corrected chi connectivity index (χ3v) is 2.87. The first-order valence-corrected chi connectivity index (χ1v) is 6.97. The van der Waals surface area contributed by atoms with E-state index in [4.69, 9.17) is 4.74 Å². The Kier molecular flexibility index (Phi) is 5.23. The maximum atomic E-state index is 11.2. The lowest BCUT2D eigenvalue weighted by atomic mass is 10.3. The molecule has 0 atom stereocenters. The standard InChI is InChI=1S/C13H18N6O3/c1-3-22-13-11(19(20)21)12(16-10(2)17-13)15-5-4-7-18-8-6-14-9-18/h6,8-9H,3-5,7H2,1-2H3,(H,15,16,17). The molecule has 2 aromatic heterocycles. The van der Waals surface area contributed by atoms with Gasteiger partial charge in [0.1, 0.15) is 5.82 Å². The Balaban J connectivity index is 2.06. The molecule has 0 aliphatic carbocycles. The van der Waals surface area contributed by atoms with Crippen molar-refractivity contribution in [2.75, 3.05) is 18.5 Å². The fourth-order valence-corrected chi connectivity index (χ4v) is 1.95. The molecule has 0 radical (unpaired) electrons. The first-order valence-electron chi connectivity index (χ1n) is 6.97. The third-order valence-electron chi connectivity index (χ3n) is 2.87. The number of ether oxygens (including phenoxy) is 1. The highest BCUT2D eigenvalue weighted by Gasteiger charge is 2.25. The molecule has 0 bridgehead atoms. The summed E-state index contributed by atoms with van der Waals surface area (Å²) in [7, 11) is 0. The Labute approximate surface area is 127 Å². The lowest BCUT2D eigenvalue weighted by Gasteiger charge is -2.10. The van der Waals surface area contributed by atoms with Crippen molar-refractivity contribution in [2.24, 2.45) is 0 Å². The van der Waals surface area contributed by atoms with Crippen LogP contribution < -0.4 is 10.1 Å². The first kappa shape index (κ1) is 15.7. The van der Waals surface area contributed by atoms with E-state index < -0.39 is 4.92 Å². The predicted molar refractivity (Wildman–Crippen MR) is 79.9 cm³/mol. The lowest BCUT2D eigenvalue weighted by Crippen LogP contribution is -2.12. The lowest BCUT2D eigenvalue weighted by molar-refractivity contribution is -0.385. The maximum Gasteiger partial charge on any atom is 0.372 e. The van der Waals surface area contributed by atoms with Crippen LogP contribution in [0.15, 0.2) is 18.7 Å². The molecule has 0 unspecified atom stereocenters. The van der Waals surface area contributed by atoms with E-state index in [0.29, 0.717) is 19.0 Å². The number of aromatic nitrogens is 4. The topological polar surface area (TPSA) is 108 Å². The van der Waals surface area contributed by atoms with Crippen molar-refractivity contribution in [1.82, 2.24) is 19.5 Å². The molecule has 2 heterocycles. The largest absolute Gasteiger partial charge is 0.473 e. The fourth-order valence-electron chi connectivity index (χ4n) is 1.95. The minimum Gasteiger partial charge on any atom is -0.473 e. The number of rotatable bonds is 8. The SMILES string of the molecule is CCOc1nc(C)nc(NCCCn2ccnc2)c1[N+](=O)[O-]. The summed E-state index contributed by atoms with van der Waals surface area (Å²) in [5, 5.41) is 14.2. The number of nitrogens with one attached hydrogen (secondary N) is 1. The van der Waals surface area contributed by atoms with Crippen molar-refractivity contribution in [3.63, 3.8) is 0 Å². The number of nitro groups is 1. The molecular weight excluding hydrogens is 288 g/mol. The summed E-state index contributed by atoms with van der Waals surface area (Å²) in [6, 6.07) is 0. The number of hydrogen-bond acceptors (Lipinski definition) is 7. The van der Waals surface area contributed by atoms with Gasteiger partial charge < -0.3 is 14.6 Å². The average Bonchev–Trinajstić information content (AvgIpc) is 2.96. The summed E-state index contributed by atoms with van der Waals surface area (Å²) < 4.78 is 7.18. The third kappa shape index (κ3) is 3.90. The molecule has 0 saturated heterocycles. The first-order chi connectivity index (χ1) is 10.6. The Morgan fingerprint density at radius 1 is 1.45 bits per heavy atom. The van der Waals surface area contributed by atoms with Crippen LogP contribution in [0.25, 0.3) is 0 Å². The van der Waals surface area contributed by atoms with E-state index in [0.717, 1.165) is 13.0 Å². The highest BCUT2D eigenvalue weighted by molar-refractivity contribution is 5.61. The molecule has 0 spiro atoms. The minimum absolute atomic E-state index is 0.00268. The van der Waals surface area contributed by atoms with Crippen LogP contribution in [0.5, 0.6) is 5.88 Å². The molecule has 0 saturated carbocycles. The van der Waals surface area contributed by atoms with Crippen molar-refractivity contribution in [2.45, 2.75) is 26.8 Å². The summed E-state index contributed by atoms with van der Waals surface area (Å²) in [5.41, 5.74) is -0.227. The van der Waals surface area contributed by atoms with Gasteiger partial charge in [0.2, 0.25) is 5.82 Å². The summed E-state index contributed by atoms with van der Waals surface area (Å²) in [5.74, 6) is 0.606. The Morgan fingerprint density at radius 2 is 2.27 bits per heavy atom. The van der Waals surface area contributed by atoms with Gasteiger partial charge in [-0.05, 0) is 20.3 Å².